The number of nitrogens with zero attached hydrogens (tertiary/aromatic N) is 4. The summed E-state index contributed by atoms with van der Waals surface area (Å²) in [6, 6.07) is 7.66. The van der Waals surface area contributed by atoms with Crippen LogP contribution >= 0.6 is 0 Å². The van der Waals surface area contributed by atoms with Gasteiger partial charge in [0.15, 0.2) is 17.4 Å². The van der Waals surface area contributed by atoms with Crippen LogP contribution in [0.5, 0.6) is 0 Å². The van der Waals surface area contributed by atoms with E-state index in [0.29, 0.717) is 23.6 Å². The Labute approximate surface area is 200 Å². The van der Waals surface area contributed by atoms with Gasteiger partial charge in [-0.25, -0.2) is 9.97 Å². The smallest absolute Gasteiger partial charge is 0.163 e. The standard InChI is InChI=1S/C25H25N7OS/c26-34(33)32-20-13-18(14-27-15-20)24-30-22-11-6-10-21(17-7-2-1-3-8-17)23(22)25(31-24)29-16-19-9-4-5-12-28-19/h1-2,4-5,7,9,11-15,32H,3,6,8,10,16,26H2,(H,29,30,31). The first-order valence-corrected chi connectivity index (χ1v) is 12.4. The van der Waals surface area contributed by atoms with Crippen LogP contribution in [-0.2, 0) is 18.1 Å². The number of fused-ring (bicyclic) bond motifs is 1. The van der Waals surface area contributed by atoms with E-state index in [4.69, 9.17) is 15.1 Å². The summed E-state index contributed by atoms with van der Waals surface area (Å²) < 4.78 is 14.1. The SMILES string of the molecule is N[S+]([O-])Nc1cncc(-c2nc(NCc3ccccn3)c3c(n2)=CCCC=3C2=CC=CCC2)c1. The molecule has 0 spiro atoms. The fourth-order valence-electron chi connectivity index (χ4n) is 4.24. The minimum atomic E-state index is -1.69. The van der Waals surface area contributed by atoms with Gasteiger partial charge in [0.25, 0.3) is 0 Å². The minimum absolute atomic E-state index is 0.538. The Hall–Kier alpha value is -3.53. The molecule has 3 aromatic rings. The molecule has 3 heterocycles. The predicted octanol–water partition coefficient (Wildman–Crippen LogP) is 2.50. The summed E-state index contributed by atoms with van der Waals surface area (Å²) in [7, 11) is 0. The van der Waals surface area contributed by atoms with Crippen molar-refractivity contribution in [2.24, 2.45) is 5.14 Å². The van der Waals surface area contributed by atoms with Gasteiger partial charge in [-0.3, -0.25) is 9.97 Å². The molecule has 2 aliphatic rings. The number of anilines is 2. The second-order valence-electron chi connectivity index (χ2n) is 8.07. The van der Waals surface area contributed by atoms with Crippen LogP contribution in [0.4, 0.5) is 11.5 Å². The molecule has 0 saturated carbocycles. The van der Waals surface area contributed by atoms with Gasteiger partial charge in [0.2, 0.25) is 0 Å². The molecule has 5 rings (SSSR count). The van der Waals surface area contributed by atoms with Crippen molar-refractivity contribution < 1.29 is 4.55 Å². The largest absolute Gasteiger partial charge is 0.574 e. The maximum absolute atomic E-state index is 11.4. The minimum Gasteiger partial charge on any atom is -0.574 e. The van der Waals surface area contributed by atoms with E-state index in [0.717, 1.165) is 47.8 Å². The average Bonchev–Trinajstić information content (AvgIpc) is 2.87. The zero-order valence-electron chi connectivity index (χ0n) is 18.6. The van der Waals surface area contributed by atoms with Gasteiger partial charge in [0.1, 0.15) is 11.5 Å². The number of hydrogen-bond donors (Lipinski definition) is 3. The molecule has 9 heteroatoms. The second-order valence-corrected chi connectivity index (χ2v) is 8.87. The molecule has 34 heavy (non-hydrogen) atoms. The maximum atomic E-state index is 11.4. The molecular formula is C25H25N7OS. The molecule has 0 bridgehead atoms. The summed E-state index contributed by atoms with van der Waals surface area (Å²) in [6.07, 6.45) is 17.7. The summed E-state index contributed by atoms with van der Waals surface area (Å²) in [5, 5.41) is 10.9. The van der Waals surface area contributed by atoms with Crippen LogP contribution in [0.3, 0.4) is 0 Å². The van der Waals surface area contributed by atoms with Crippen LogP contribution in [0.15, 0.2) is 66.7 Å². The van der Waals surface area contributed by atoms with Crippen LogP contribution in [0, 0.1) is 0 Å². The molecule has 1 atom stereocenters. The molecule has 1 unspecified atom stereocenters. The summed E-state index contributed by atoms with van der Waals surface area (Å²) in [4.78, 5) is 18.5. The number of hydrogen-bond acceptors (Lipinski definition) is 8. The van der Waals surface area contributed by atoms with Crippen LogP contribution in [0.2, 0.25) is 0 Å². The Bertz CT molecular complexity index is 1370. The first-order chi connectivity index (χ1) is 16.7. The molecule has 3 aromatic heterocycles. The zero-order chi connectivity index (χ0) is 23.3. The van der Waals surface area contributed by atoms with Gasteiger partial charge in [-0.1, -0.05) is 30.4 Å². The van der Waals surface area contributed by atoms with Crippen LogP contribution in [0.25, 0.3) is 23.0 Å². The van der Waals surface area contributed by atoms with E-state index >= 15 is 0 Å². The van der Waals surface area contributed by atoms with Crippen molar-refractivity contribution in [3.63, 3.8) is 0 Å². The van der Waals surface area contributed by atoms with Gasteiger partial charge in [-0.2, -0.15) is 4.72 Å². The Kier molecular flexibility index (Phi) is 6.66. The van der Waals surface area contributed by atoms with E-state index in [1.165, 1.54) is 11.1 Å². The second kappa shape index (κ2) is 10.2. The lowest BCUT2D eigenvalue weighted by Gasteiger charge is -2.19. The first kappa shape index (κ1) is 22.3. The van der Waals surface area contributed by atoms with Gasteiger partial charge in [-0.15, -0.1) is 5.14 Å². The number of aromatic nitrogens is 4. The third-order valence-electron chi connectivity index (χ3n) is 5.75. The van der Waals surface area contributed by atoms with Crippen LogP contribution in [0.1, 0.15) is 31.4 Å². The zero-order valence-corrected chi connectivity index (χ0v) is 19.4. The Morgan fingerprint density at radius 2 is 2.06 bits per heavy atom. The van der Waals surface area contributed by atoms with Gasteiger partial charge in [0, 0.05) is 23.2 Å². The number of allylic oxidation sites excluding steroid dienone is 4. The maximum Gasteiger partial charge on any atom is 0.163 e. The van der Waals surface area contributed by atoms with Crippen molar-refractivity contribution in [1.29, 1.82) is 0 Å². The van der Waals surface area contributed by atoms with Gasteiger partial charge < -0.3 is 9.87 Å². The summed E-state index contributed by atoms with van der Waals surface area (Å²) in [5.41, 5.74) is 4.81. The highest BCUT2D eigenvalue weighted by atomic mass is 32.2. The summed E-state index contributed by atoms with van der Waals surface area (Å²) in [5.74, 6) is 1.31. The fourth-order valence-corrected chi connectivity index (χ4v) is 4.59. The summed E-state index contributed by atoms with van der Waals surface area (Å²) in [6.45, 7) is 0.544. The first-order valence-electron chi connectivity index (χ1n) is 11.2. The molecule has 2 aliphatic carbocycles. The number of nitrogens with one attached hydrogen (secondary N) is 2. The fraction of sp³-hybridized carbons (Fsp3) is 0.200. The van der Waals surface area contributed by atoms with E-state index in [1.54, 1.807) is 24.7 Å². The molecule has 172 valence electrons. The number of pyridine rings is 2. The molecule has 0 amide bonds. The number of rotatable bonds is 7. The number of nitrogens with two attached hydrogens (primary N) is 1. The lowest BCUT2D eigenvalue weighted by atomic mass is 9.90. The average molecular weight is 472 g/mol. The predicted molar refractivity (Wildman–Crippen MR) is 136 cm³/mol. The highest BCUT2D eigenvalue weighted by molar-refractivity contribution is 7.90. The van der Waals surface area contributed by atoms with E-state index in [1.807, 2.05) is 18.2 Å². The van der Waals surface area contributed by atoms with E-state index in [-0.39, 0.29) is 0 Å². The Morgan fingerprint density at radius 1 is 1.12 bits per heavy atom. The van der Waals surface area contributed by atoms with Crippen molar-refractivity contribution in [3.05, 3.63) is 82.9 Å². The Morgan fingerprint density at radius 3 is 2.85 bits per heavy atom. The van der Waals surface area contributed by atoms with E-state index < -0.39 is 11.5 Å². The van der Waals surface area contributed by atoms with Crippen molar-refractivity contribution in [2.75, 3.05) is 10.0 Å². The van der Waals surface area contributed by atoms with Crippen molar-refractivity contribution in [3.8, 4) is 11.4 Å². The van der Waals surface area contributed by atoms with Gasteiger partial charge >= 0.3 is 0 Å². The quantitative estimate of drug-likeness (QED) is 0.449. The lowest BCUT2D eigenvalue weighted by molar-refractivity contribution is 0.602. The van der Waals surface area contributed by atoms with Gasteiger partial charge in [0.05, 0.1) is 23.8 Å². The van der Waals surface area contributed by atoms with E-state index in [9.17, 15) is 4.55 Å². The van der Waals surface area contributed by atoms with Crippen LogP contribution in [-0.4, -0.2) is 24.5 Å². The third-order valence-corrected chi connectivity index (χ3v) is 6.19. The normalized spacial score (nSPS) is 15.7. The molecule has 4 N–H and O–H groups in total. The van der Waals surface area contributed by atoms with Crippen molar-refractivity contribution >= 4 is 34.7 Å². The molecule has 0 fully saturated rings. The van der Waals surface area contributed by atoms with Crippen LogP contribution < -0.4 is 25.7 Å². The topological polar surface area (TPSA) is 125 Å². The monoisotopic (exact) mass is 471 g/mol. The highest BCUT2D eigenvalue weighted by Crippen LogP contribution is 2.26. The molecule has 8 nitrogen and oxygen atoms in total. The molecule has 0 saturated heterocycles. The summed E-state index contributed by atoms with van der Waals surface area (Å²) >= 11 is -1.69. The van der Waals surface area contributed by atoms with Crippen molar-refractivity contribution in [1.82, 2.24) is 19.9 Å². The lowest BCUT2D eigenvalue weighted by Crippen LogP contribution is -2.37. The van der Waals surface area contributed by atoms with Gasteiger partial charge in [-0.05, 0) is 55.0 Å². The molecule has 0 aliphatic heterocycles. The third kappa shape index (κ3) is 5.01. The van der Waals surface area contributed by atoms with Crippen molar-refractivity contribution in [2.45, 2.75) is 32.2 Å². The molecule has 0 aromatic carbocycles. The molecule has 0 radical (unpaired) electrons. The Balaban J connectivity index is 1.64. The van der Waals surface area contributed by atoms with E-state index in [2.05, 4.69) is 44.3 Å². The molecular weight excluding hydrogens is 446 g/mol. The highest BCUT2D eigenvalue weighted by Gasteiger charge is 2.17.